The summed E-state index contributed by atoms with van der Waals surface area (Å²) in [5.41, 5.74) is 2.89. The van der Waals surface area contributed by atoms with Gasteiger partial charge in [0.15, 0.2) is 5.17 Å². The molecular formula is C21H19FN4S. The van der Waals surface area contributed by atoms with Crippen molar-refractivity contribution in [2.45, 2.75) is 24.3 Å². The van der Waals surface area contributed by atoms with E-state index in [-0.39, 0.29) is 17.9 Å². The number of hydrogen-bond acceptors (Lipinski definition) is 4. The minimum Gasteiger partial charge on any atom is -0.339 e. The van der Waals surface area contributed by atoms with Gasteiger partial charge in [0, 0.05) is 35.6 Å². The van der Waals surface area contributed by atoms with Gasteiger partial charge in [0.2, 0.25) is 0 Å². The fourth-order valence-corrected chi connectivity index (χ4v) is 5.03. The first-order chi connectivity index (χ1) is 13.2. The van der Waals surface area contributed by atoms with E-state index < -0.39 is 0 Å². The van der Waals surface area contributed by atoms with Crippen LogP contribution in [0.1, 0.15) is 30.4 Å². The van der Waals surface area contributed by atoms with Gasteiger partial charge in [0.1, 0.15) is 11.9 Å². The molecule has 5 rings (SSSR count). The molecule has 2 aliphatic heterocycles. The summed E-state index contributed by atoms with van der Waals surface area (Å²) >= 11 is 1.82. The van der Waals surface area contributed by atoms with Crippen LogP contribution in [0.25, 0.3) is 5.69 Å². The van der Waals surface area contributed by atoms with Crippen LogP contribution in [-0.2, 0) is 0 Å². The zero-order chi connectivity index (χ0) is 18.4. The zero-order valence-corrected chi connectivity index (χ0v) is 15.7. The first kappa shape index (κ1) is 16.6. The van der Waals surface area contributed by atoms with Crippen molar-refractivity contribution in [1.29, 1.82) is 0 Å². The highest BCUT2D eigenvalue weighted by Gasteiger charge is 2.44. The molecule has 0 aliphatic carbocycles. The van der Waals surface area contributed by atoms with Gasteiger partial charge in [-0.25, -0.2) is 4.39 Å². The lowest BCUT2D eigenvalue weighted by Gasteiger charge is -2.28. The predicted octanol–water partition coefficient (Wildman–Crippen LogP) is 4.60. The standard InChI is InChI=1S/C21H19FN4S/c1-14-13-26-20(19(24-21(26)27-14)17-8-2-3-10-23-17)18-9-5-11-25(18)16-7-4-6-15(22)12-16/h2-12,14,19-20H,13H2,1H3/t14-,19+,20-/m1/s1. The van der Waals surface area contributed by atoms with Crippen LogP contribution in [-0.4, -0.2) is 31.4 Å². The van der Waals surface area contributed by atoms with Crippen LogP contribution in [0.15, 0.2) is 72.0 Å². The van der Waals surface area contributed by atoms with E-state index in [9.17, 15) is 4.39 Å². The van der Waals surface area contributed by atoms with E-state index in [1.165, 1.54) is 6.07 Å². The van der Waals surface area contributed by atoms with Gasteiger partial charge in [-0.15, -0.1) is 0 Å². The summed E-state index contributed by atoms with van der Waals surface area (Å²) in [5, 5.41) is 1.59. The Labute approximate surface area is 161 Å². The molecule has 2 aliphatic rings. The van der Waals surface area contributed by atoms with Crippen molar-refractivity contribution in [3.63, 3.8) is 0 Å². The van der Waals surface area contributed by atoms with Gasteiger partial charge < -0.3 is 9.47 Å². The number of benzene rings is 1. The zero-order valence-electron chi connectivity index (χ0n) is 14.9. The normalized spacial score (nSPS) is 24.1. The Hall–Kier alpha value is -2.60. The lowest BCUT2D eigenvalue weighted by atomic mass is 10.0. The molecule has 27 heavy (non-hydrogen) atoms. The molecule has 0 radical (unpaired) electrons. The molecule has 1 fully saturated rings. The Morgan fingerprint density at radius 3 is 2.85 bits per heavy atom. The van der Waals surface area contributed by atoms with E-state index in [0.717, 1.165) is 28.8 Å². The molecule has 0 saturated carbocycles. The SMILES string of the molecule is C[C@@H]1CN2C(=N[C@@H](c3ccccn3)[C@H]2c2cccn2-c2cccc(F)c2)S1. The van der Waals surface area contributed by atoms with Gasteiger partial charge in [0.05, 0.1) is 11.7 Å². The first-order valence-electron chi connectivity index (χ1n) is 9.06. The molecule has 1 saturated heterocycles. The fraction of sp³-hybridized carbons (Fsp3) is 0.238. The highest BCUT2D eigenvalue weighted by atomic mass is 32.2. The second-order valence-electron chi connectivity index (χ2n) is 6.92. The monoisotopic (exact) mass is 378 g/mol. The summed E-state index contributed by atoms with van der Waals surface area (Å²) in [6, 6.07) is 16.8. The number of hydrogen-bond donors (Lipinski definition) is 0. The maximum atomic E-state index is 13.8. The molecule has 1 aromatic carbocycles. The van der Waals surface area contributed by atoms with E-state index in [1.54, 1.807) is 12.1 Å². The van der Waals surface area contributed by atoms with Crippen LogP contribution in [0.2, 0.25) is 0 Å². The average molecular weight is 378 g/mol. The fourth-order valence-electron chi connectivity index (χ4n) is 3.93. The number of halogens is 1. The Bertz CT molecular complexity index is 1000. The Morgan fingerprint density at radius 2 is 2.04 bits per heavy atom. The summed E-state index contributed by atoms with van der Waals surface area (Å²) in [6.45, 7) is 3.18. The molecule has 136 valence electrons. The Kier molecular flexibility index (Phi) is 4.01. The molecule has 0 unspecified atom stereocenters. The molecular weight excluding hydrogens is 359 g/mol. The quantitative estimate of drug-likeness (QED) is 0.668. The summed E-state index contributed by atoms with van der Waals surface area (Å²) in [6.07, 6.45) is 3.81. The minimum atomic E-state index is -0.234. The molecule has 4 nitrogen and oxygen atoms in total. The smallest absolute Gasteiger partial charge is 0.160 e. The third kappa shape index (κ3) is 2.84. The van der Waals surface area contributed by atoms with Crippen LogP contribution in [0.4, 0.5) is 4.39 Å². The summed E-state index contributed by atoms with van der Waals surface area (Å²) in [7, 11) is 0. The number of aliphatic imine (C=N–C) groups is 1. The van der Waals surface area contributed by atoms with Gasteiger partial charge in [-0.05, 0) is 42.5 Å². The third-order valence-electron chi connectivity index (χ3n) is 5.05. The lowest BCUT2D eigenvalue weighted by Crippen LogP contribution is -2.30. The molecule has 0 spiro atoms. The van der Waals surface area contributed by atoms with Crippen molar-refractivity contribution in [2.24, 2.45) is 4.99 Å². The van der Waals surface area contributed by atoms with Crippen LogP contribution < -0.4 is 0 Å². The van der Waals surface area contributed by atoms with E-state index in [4.69, 9.17) is 4.99 Å². The van der Waals surface area contributed by atoms with Crippen molar-refractivity contribution in [3.05, 3.63) is 84.2 Å². The number of nitrogens with zero attached hydrogens (tertiary/aromatic N) is 4. The molecule has 2 aromatic heterocycles. The maximum Gasteiger partial charge on any atom is 0.160 e. The number of rotatable bonds is 3. The van der Waals surface area contributed by atoms with Gasteiger partial charge >= 0.3 is 0 Å². The van der Waals surface area contributed by atoms with E-state index in [2.05, 4.69) is 27.4 Å². The van der Waals surface area contributed by atoms with Crippen molar-refractivity contribution in [1.82, 2.24) is 14.5 Å². The van der Waals surface area contributed by atoms with Gasteiger partial charge in [-0.2, -0.15) is 0 Å². The molecule has 0 N–H and O–H groups in total. The number of aromatic nitrogens is 2. The van der Waals surface area contributed by atoms with Crippen LogP contribution in [0.3, 0.4) is 0 Å². The summed E-state index contributed by atoms with van der Waals surface area (Å²) in [4.78, 5) is 12.0. The predicted molar refractivity (Wildman–Crippen MR) is 107 cm³/mol. The second-order valence-corrected chi connectivity index (χ2v) is 8.33. The highest BCUT2D eigenvalue weighted by molar-refractivity contribution is 8.14. The van der Waals surface area contributed by atoms with Crippen LogP contribution in [0, 0.1) is 5.82 Å². The number of fused-ring (bicyclic) bond motifs is 1. The van der Waals surface area contributed by atoms with E-state index in [0.29, 0.717) is 5.25 Å². The maximum absolute atomic E-state index is 13.8. The average Bonchev–Trinajstić information content (AvgIpc) is 3.36. The molecule has 6 heteroatoms. The Balaban J connectivity index is 1.62. The molecule has 0 amide bonds. The van der Waals surface area contributed by atoms with E-state index in [1.807, 2.05) is 54.5 Å². The van der Waals surface area contributed by atoms with Crippen molar-refractivity contribution in [3.8, 4) is 5.69 Å². The number of pyridine rings is 1. The van der Waals surface area contributed by atoms with E-state index >= 15 is 0 Å². The van der Waals surface area contributed by atoms with Crippen LogP contribution in [0.5, 0.6) is 0 Å². The molecule has 0 bridgehead atoms. The van der Waals surface area contributed by atoms with Gasteiger partial charge in [0.25, 0.3) is 0 Å². The molecule has 4 heterocycles. The minimum absolute atomic E-state index is 0.0469. The lowest BCUT2D eigenvalue weighted by molar-refractivity contribution is 0.312. The van der Waals surface area contributed by atoms with Gasteiger partial charge in [-0.3, -0.25) is 9.98 Å². The topological polar surface area (TPSA) is 33.4 Å². The largest absolute Gasteiger partial charge is 0.339 e. The van der Waals surface area contributed by atoms with Gasteiger partial charge in [-0.1, -0.05) is 30.8 Å². The summed E-state index contributed by atoms with van der Waals surface area (Å²) < 4.78 is 15.9. The van der Waals surface area contributed by atoms with Crippen LogP contribution >= 0.6 is 11.8 Å². The van der Waals surface area contributed by atoms with Crippen molar-refractivity contribution >= 4 is 16.9 Å². The number of amidine groups is 1. The van der Waals surface area contributed by atoms with Crippen molar-refractivity contribution < 1.29 is 4.39 Å². The summed E-state index contributed by atoms with van der Waals surface area (Å²) in [5.74, 6) is -0.234. The Morgan fingerprint density at radius 1 is 1.11 bits per heavy atom. The molecule has 3 aromatic rings. The van der Waals surface area contributed by atoms with Crippen molar-refractivity contribution in [2.75, 3.05) is 6.54 Å². The first-order valence-corrected chi connectivity index (χ1v) is 9.94. The number of thioether (sulfide) groups is 1. The highest BCUT2D eigenvalue weighted by Crippen LogP contribution is 2.47. The molecule has 3 atom stereocenters. The third-order valence-corrected chi connectivity index (χ3v) is 6.15. The second kappa shape index (κ2) is 6.53.